The molecule has 6 heteroatoms. The molecule has 0 fully saturated rings. The van der Waals surface area contributed by atoms with Gasteiger partial charge in [-0.05, 0) is 55.3 Å². The van der Waals surface area contributed by atoms with E-state index in [2.05, 4.69) is 10.3 Å². The normalized spacial score (nSPS) is 11.2. The summed E-state index contributed by atoms with van der Waals surface area (Å²) in [6.45, 7) is 3.79. The van der Waals surface area contributed by atoms with Crippen molar-refractivity contribution in [3.8, 4) is 11.5 Å². The van der Waals surface area contributed by atoms with E-state index in [1.807, 2.05) is 32.2 Å². The number of phenols is 1. The van der Waals surface area contributed by atoms with E-state index in [0.29, 0.717) is 17.1 Å². The molecule has 2 aromatic heterocycles. The second kappa shape index (κ2) is 6.68. The average Bonchev–Trinajstić information content (AvgIpc) is 2.89. The number of aromatic nitrogens is 2. The molecule has 128 valence electrons. The third kappa shape index (κ3) is 3.33. The highest BCUT2D eigenvalue weighted by molar-refractivity contribution is 5.95. The van der Waals surface area contributed by atoms with Crippen molar-refractivity contribution in [2.24, 2.45) is 0 Å². The number of nitrogens with one attached hydrogen (secondary N) is 1. The molecule has 6 nitrogen and oxygen atoms in total. The summed E-state index contributed by atoms with van der Waals surface area (Å²) in [4.78, 5) is 16.9. The van der Waals surface area contributed by atoms with E-state index >= 15 is 0 Å². The van der Waals surface area contributed by atoms with E-state index in [9.17, 15) is 9.90 Å². The molecule has 0 atom stereocenters. The molecule has 0 bridgehead atoms. The molecule has 0 saturated heterocycles. The van der Waals surface area contributed by atoms with Crippen LogP contribution < -0.4 is 10.1 Å². The third-order valence-corrected chi connectivity index (χ3v) is 3.86. The van der Waals surface area contributed by atoms with Crippen LogP contribution in [-0.4, -0.2) is 27.5 Å². The quantitative estimate of drug-likeness (QED) is 0.767. The van der Waals surface area contributed by atoms with E-state index in [0.717, 1.165) is 16.8 Å². The Labute approximate surface area is 145 Å². The van der Waals surface area contributed by atoms with E-state index < -0.39 is 0 Å². The van der Waals surface area contributed by atoms with E-state index in [1.165, 1.54) is 13.3 Å². The number of benzene rings is 1. The summed E-state index contributed by atoms with van der Waals surface area (Å²) in [6, 6.07) is 8.86. The van der Waals surface area contributed by atoms with Crippen molar-refractivity contribution < 1.29 is 14.6 Å². The molecule has 0 aliphatic carbocycles. The predicted octanol–water partition coefficient (Wildman–Crippen LogP) is 3.07. The number of carbonyl (C=O) groups excluding carboxylic acids is 1. The number of carbonyl (C=O) groups is 1. The minimum absolute atomic E-state index is 0.0453. The van der Waals surface area contributed by atoms with Gasteiger partial charge in [-0.1, -0.05) is 6.07 Å². The van der Waals surface area contributed by atoms with E-state index in [-0.39, 0.29) is 11.7 Å². The maximum Gasteiger partial charge on any atom is 0.274 e. The fraction of sp³-hybridized carbons (Fsp3) is 0.158. The monoisotopic (exact) mass is 337 g/mol. The molecule has 1 aromatic carbocycles. The van der Waals surface area contributed by atoms with Crippen molar-refractivity contribution in [3.63, 3.8) is 0 Å². The van der Waals surface area contributed by atoms with E-state index in [1.54, 1.807) is 28.7 Å². The Hall–Kier alpha value is -3.28. The number of aromatic hydroxyl groups is 1. The summed E-state index contributed by atoms with van der Waals surface area (Å²) in [5.41, 5.74) is 3.73. The molecule has 0 spiro atoms. The van der Waals surface area contributed by atoms with Gasteiger partial charge in [-0.15, -0.1) is 0 Å². The second-order valence-electron chi connectivity index (χ2n) is 5.72. The van der Waals surface area contributed by atoms with Gasteiger partial charge < -0.3 is 15.2 Å². The minimum Gasteiger partial charge on any atom is -0.504 e. The molecule has 25 heavy (non-hydrogen) atoms. The molecule has 0 aliphatic heterocycles. The van der Waals surface area contributed by atoms with Crippen molar-refractivity contribution in [1.29, 1.82) is 0 Å². The zero-order valence-electron chi connectivity index (χ0n) is 14.3. The molecule has 3 rings (SSSR count). The van der Waals surface area contributed by atoms with Crippen LogP contribution in [0.1, 0.15) is 27.3 Å². The first-order valence-corrected chi connectivity index (χ1v) is 7.79. The highest BCUT2D eigenvalue weighted by atomic mass is 16.5. The van der Waals surface area contributed by atoms with Crippen LogP contribution in [0, 0.1) is 13.8 Å². The molecule has 1 amide bonds. The Morgan fingerprint density at radius 2 is 2.08 bits per heavy atom. The summed E-state index contributed by atoms with van der Waals surface area (Å²) >= 11 is 0. The zero-order chi connectivity index (χ0) is 18.0. The van der Waals surface area contributed by atoms with Crippen LogP contribution in [0.25, 0.3) is 11.7 Å². The Bertz CT molecular complexity index is 973. The maximum absolute atomic E-state index is 12.5. The zero-order valence-corrected chi connectivity index (χ0v) is 14.3. The molecule has 0 radical (unpaired) electrons. The summed E-state index contributed by atoms with van der Waals surface area (Å²) in [7, 11) is 1.49. The maximum atomic E-state index is 12.5. The van der Waals surface area contributed by atoms with Gasteiger partial charge >= 0.3 is 0 Å². The van der Waals surface area contributed by atoms with Gasteiger partial charge in [0.2, 0.25) is 0 Å². The van der Waals surface area contributed by atoms with Gasteiger partial charge in [0.05, 0.1) is 12.8 Å². The lowest BCUT2D eigenvalue weighted by Gasteiger charge is -2.04. The van der Waals surface area contributed by atoms with Gasteiger partial charge in [0.1, 0.15) is 11.3 Å². The van der Waals surface area contributed by atoms with Gasteiger partial charge in [0.25, 0.3) is 5.91 Å². The average molecular weight is 337 g/mol. The number of rotatable bonds is 4. The number of hydrogen-bond acceptors (Lipinski definition) is 4. The summed E-state index contributed by atoms with van der Waals surface area (Å²) in [5, 5.41) is 12.5. The number of pyridine rings is 1. The minimum atomic E-state index is -0.247. The fourth-order valence-corrected chi connectivity index (χ4v) is 2.63. The van der Waals surface area contributed by atoms with Crippen LogP contribution >= 0.6 is 0 Å². The SMILES string of the molecule is COc1ccc(C=CNC(=O)c2c(C)nc3cc(C)ccn23)cc1O. The van der Waals surface area contributed by atoms with Crippen LogP contribution in [0.15, 0.2) is 42.7 Å². The Morgan fingerprint density at radius 1 is 1.28 bits per heavy atom. The number of methoxy groups -OCH3 is 1. The van der Waals surface area contributed by atoms with Crippen LogP contribution in [0.4, 0.5) is 0 Å². The van der Waals surface area contributed by atoms with Crippen LogP contribution in [0.2, 0.25) is 0 Å². The van der Waals surface area contributed by atoms with Crippen LogP contribution in [0.5, 0.6) is 11.5 Å². The number of imidazole rings is 1. The fourth-order valence-electron chi connectivity index (χ4n) is 2.63. The van der Waals surface area contributed by atoms with Crippen LogP contribution in [0.3, 0.4) is 0 Å². The number of nitrogens with zero attached hydrogens (tertiary/aromatic N) is 2. The first-order valence-electron chi connectivity index (χ1n) is 7.79. The lowest BCUT2D eigenvalue weighted by atomic mass is 10.2. The standard InChI is InChI=1S/C19H19N3O3/c1-12-7-9-22-17(10-12)21-13(2)18(22)19(24)20-8-6-14-4-5-16(25-3)15(23)11-14/h4-11,23H,1-3H3,(H,20,24). The lowest BCUT2D eigenvalue weighted by molar-refractivity contribution is 0.0964. The van der Waals surface area contributed by atoms with E-state index in [4.69, 9.17) is 4.74 Å². The van der Waals surface area contributed by atoms with Crippen molar-refractivity contribution in [2.75, 3.05) is 7.11 Å². The Kier molecular flexibility index (Phi) is 4.43. The molecule has 0 saturated carbocycles. The number of aryl methyl sites for hydroxylation is 2. The number of fused-ring (bicyclic) bond motifs is 1. The number of amides is 1. The van der Waals surface area contributed by atoms with Gasteiger partial charge in [0.15, 0.2) is 11.5 Å². The largest absolute Gasteiger partial charge is 0.504 e. The Balaban J connectivity index is 1.79. The first-order chi connectivity index (χ1) is 12.0. The summed E-state index contributed by atoms with van der Waals surface area (Å²) in [6.07, 6.45) is 5.07. The van der Waals surface area contributed by atoms with Crippen molar-refractivity contribution >= 4 is 17.6 Å². The molecule has 2 N–H and O–H groups in total. The van der Waals surface area contributed by atoms with Gasteiger partial charge in [-0.25, -0.2) is 4.98 Å². The van der Waals surface area contributed by atoms with Gasteiger partial charge in [-0.3, -0.25) is 9.20 Å². The van der Waals surface area contributed by atoms with Crippen molar-refractivity contribution in [2.45, 2.75) is 13.8 Å². The predicted molar refractivity (Wildman–Crippen MR) is 95.8 cm³/mol. The first kappa shape index (κ1) is 16.6. The second-order valence-corrected chi connectivity index (χ2v) is 5.72. The van der Waals surface area contributed by atoms with Gasteiger partial charge in [-0.2, -0.15) is 0 Å². The highest BCUT2D eigenvalue weighted by Crippen LogP contribution is 2.26. The molecular formula is C19H19N3O3. The summed E-state index contributed by atoms with van der Waals surface area (Å²) < 4.78 is 6.77. The third-order valence-electron chi connectivity index (χ3n) is 3.86. The molecule has 2 heterocycles. The Morgan fingerprint density at radius 3 is 2.80 bits per heavy atom. The smallest absolute Gasteiger partial charge is 0.274 e. The lowest BCUT2D eigenvalue weighted by Crippen LogP contribution is -2.20. The molecule has 3 aromatic rings. The topological polar surface area (TPSA) is 75.9 Å². The van der Waals surface area contributed by atoms with Gasteiger partial charge in [0, 0.05) is 12.4 Å². The molecule has 0 aliphatic rings. The van der Waals surface area contributed by atoms with Crippen LogP contribution in [-0.2, 0) is 0 Å². The number of hydrogen-bond donors (Lipinski definition) is 2. The number of phenolic OH excluding ortho intramolecular Hbond substituents is 1. The molecule has 0 unspecified atom stereocenters. The highest BCUT2D eigenvalue weighted by Gasteiger charge is 2.15. The van der Waals surface area contributed by atoms with Crippen molar-refractivity contribution in [3.05, 3.63) is 65.2 Å². The number of ether oxygens (including phenoxy) is 1. The van der Waals surface area contributed by atoms with Crippen molar-refractivity contribution in [1.82, 2.24) is 14.7 Å². The summed E-state index contributed by atoms with van der Waals surface area (Å²) in [5.74, 6) is 0.199. The molecular weight excluding hydrogens is 318 g/mol.